The Hall–Kier alpha value is -0.870. The number of hydrogen-bond acceptors (Lipinski definition) is 4. The quantitative estimate of drug-likeness (QED) is 0.721. The van der Waals surface area contributed by atoms with E-state index < -0.39 is 0 Å². The molecule has 1 fully saturated rings. The molecule has 15 heavy (non-hydrogen) atoms. The van der Waals surface area contributed by atoms with Gasteiger partial charge in [-0.25, -0.2) is 4.79 Å². The Morgan fingerprint density at radius 2 is 2.53 bits per heavy atom. The molecule has 1 atom stereocenters. The van der Waals surface area contributed by atoms with Gasteiger partial charge < -0.3 is 9.64 Å². The average molecular weight is 225 g/mol. The van der Waals surface area contributed by atoms with Gasteiger partial charge in [0.1, 0.15) is 11.0 Å². The van der Waals surface area contributed by atoms with Crippen LogP contribution in [0.25, 0.3) is 0 Å². The third-order valence-electron chi connectivity index (χ3n) is 2.58. The molecule has 82 valence electrons. The van der Waals surface area contributed by atoms with Gasteiger partial charge in [0.15, 0.2) is 0 Å². The van der Waals surface area contributed by atoms with Crippen molar-refractivity contribution in [2.45, 2.75) is 18.9 Å². The van der Waals surface area contributed by atoms with Crippen LogP contribution in [-0.2, 0) is 4.74 Å². The van der Waals surface area contributed by atoms with E-state index in [4.69, 9.17) is 4.74 Å². The van der Waals surface area contributed by atoms with Gasteiger partial charge in [-0.15, -0.1) is 11.3 Å². The molecule has 0 aromatic carbocycles. The molecular weight excluding hydrogens is 210 g/mol. The van der Waals surface area contributed by atoms with E-state index in [-0.39, 0.29) is 12.1 Å². The highest BCUT2D eigenvalue weighted by atomic mass is 32.1. The summed E-state index contributed by atoms with van der Waals surface area (Å²) in [5.74, 6) is -0.176. The standard InChI is InChI=1S/C11H15NO2S/c1-12-6-2-4-9(8-12)14-11(13)10-5-3-7-15-10/h3,5,7,9H,2,4,6,8H2,1H3/t9-/m0/s1. The minimum absolute atomic E-state index is 0.0679. The summed E-state index contributed by atoms with van der Waals surface area (Å²) in [6.45, 7) is 1.96. The molecule has 4 heteroatoms. The SMILES string of the molecule is CN1CCC[C@H](OC(=O)c2cccs2)C1. The second-order valence-electron chi connectivity index (χ2n) is 3.91. The van der Waals surface area contributed by atoms with Gasteiger partial charge in [0.25, 0.3) is 0 Å². The number of carbonyl (C=O) groups is 1. The molecule has 1 aromatic rings. The number of thiophene rings is 1. The van der Waals surface area contributed by atoms with E-state index in [1.165, 1.54) is 11.3 Å². The fraction of sp³-hybridized carbons (Fsp3) is 0.545. The molecule has 3 nitrogen and oxygen atoms in total. The molecule has 0 N–H and O–H groups in total. The number of nitrogens with zero attached hydrogens (tertiary/aromatic N) is 1. The minimum Gasteiger partial charge on any atom is -0.457 e. The Morgan fingerprint density at radius 1 is 1.67 bits per heavy atom. The van der Waals surface area contributed by atoms with Crippen LogP contribution < -0.4 is 0 Å². The summed E-state index contributed by atoms with van der Waals surface area (Å²) >= 11 is 1.43. The molecule has 1 aromatic heterocycles. The molecule has 0 aliphatic carbocycles. The van der Waals surface area contributed by atoms with Crippen LogP contribution in [0.4, 0.5) is 0 Å². The van der Waals surface area contributed by atoms with Gasteiger partial charge in [-0.2, -0.15) is 0 Å². The molecule has 0 unspecified atom stereocenters. The van der Waals surface area contributed by atoms with E-state index in [2.05, 4.69) is 11.9 Å². The number of esters is 1. The van der Waals surface area contributed by atoms with E-state index in [9.17, 15) is 4.79 Å². The maximum atomic E-state index is 11.7. The van der Waals surface area contributed by atoms with Crippen molar-refractivity contribution in [1.82, 2.24) is 4.90 Å². The van der Waals surface area contributed by atoms with Crippen LogP contribution in [0, 0.1) is 0 Å². The Balaban J connectivity index is 1.89. The van der Waals surface area contributed by atoms with Crippen molar-refractivity contribution < 1.29 is 9.53 Å². The van der Waals surface area contributed by atoms with Crippen LogP contribution in [0.2, 0.25) is 0 Å². The number of ether oxygens (including phenoxy) is 1. The van der Waals surface area contributed by atoms with Crippen LogP contribution in [0.5, 0.6) is 0 Å². The highest BCUT2D eigenvalue weighted by Gasteiger charge is 2.21. The zero-order valence-electron chi connectivity index (χ0n) is 8.81. The van der Waals surface area contributed by atoms with E-state index in [0.29, 0.717) is 4.88 Å². The molecule has 0 bridgehead atoms. The lowest BCUT2D eigenvalue weighted by Crippen LogP contribution is -2.38. The fourth-order valence-electron chi connectivity index (χ4n) is 1.82. The highest BCUT2D eigenvalue weighted by Crippen LogP contribution is 2.16. The topological polar surface area (TPSA) is 29.5 Å². The number of piperidine rings is 1. The zero-order valence-corrected chi connectivity index (χ0v) is 9.63. The average Bonchev–Trinajstić information content (AvgIpc) is 2.70. The first kappa shape index (κ1) is 10.6. The summed E-state index contributed by atoms with van der Waals surface area (Å²) < 4.78 is 5.44. The zero-order chi connectivity index (χ0) is 10.7. The number of hydrogen-bond donors (Lipinski definition) is 0. The lowest BCUT2D eigenvalue weighted by atomic mass is 10.1. The van der Waals surface area contributed by atoms with Gasteiger partial charge in [-0.1, -0.05) is 6.07 Å². The molecule has 1 aliphatic heterocycles. The van der Waals surface area contributed by atoms with Crippen LogP contribution in [0.15, 0.2) is 17.5 Å². The highest BCUT2D eigenvalue weighted by molar-refractivity contribution is 7.11. The lowest BCUT2D eigenvalue weighted by molar-refractivity contribution is 0.0114. The first-order valence-electron chi connectivity index (χ1n) is 5.19. The molecule has 2 rings (SSSR count). The maximum Gasteiger partial charge on any atom is 0.348 e. The number of likely N-dealkylation sites (N-methyl/N-ethyl adjacent to an activating group) is 1. The smallest absolute Gasteiger partial charge is 0.348 e. The molecule has 0 radical (unpaired) electrons. The number of carbonyl (C=O) groups excluding carboxylic acids is 1. The van der Waals surface area contributed by atoms with Gasteiger partial charge in [0, 0.05) is 6.54 Å². The largest absolute Gasteiger partial charge is 0.457 e. The molecular formula is C11H15NO2S. The van der Waals surface area contributed by atoms with Crippen molar-refractivity contribution in [3.8, 4) is 0 Å². The minimum atomic E-state index is -0.176. The monoisotopic (exact) mass is 225 g/mol. The summed E-state index contributed by atoms with van der Waals surface area (Å²) in [4.78, 5) is 14.6. The van der Waals surface area contributed by atoms with Crippen molar-refractivity contribution in [3.63, 3.8) is 0 Å². The summed E-state index contributed by atoms with van der Waals surface area (Å²) in [6, 6.07) is 3.67. The van der Waals surface area contributed by atoms with Gasteiger partial charge in [0.2, 0.25) is 0 Å². The van der Waals surface area contributed by atoms with Gasteiger partial charge in [-0.05, 0) is 37.9 Å². The Labute approximate surface area is 93.7 Å². The first-order chi connectivity index (χ1) is 7.25. The summed E-state index contributed by atoms with van der Waals surface area (Å²) in [7, 11) is 2.06. The fourth-order valence-corrected chi connectivity index (χ4v) is 2.42. The van der Waals surface area contributed by atoms with Gasteiger partial charge >= 0.3 is 5.97 Å². The second kappa shape index (κ2) is 4.77. The molecule has 0 spiro atoms. The van der Waals surface area contributed by atoms with Crippen molar-refractivity contribution >= 4 is 17.3 Å². The van der Waals surface area contributed by atoms with E-state index in [0.717, 1.165) is 25.9 Å². The third-order valence-corrected chi connectivity index (χ3v) is 3.43. The van der Waals surface area contributed by atoms with Gasteiger partial charge in [-0.3, -0.25) is 0 Å². The molecule has 0 saturated carbocycles. The summed E-state index contributed by atoms with van der Waals surface area (Å²) in [5, 5.41) is 1.89. The maximum absolute atomic E-state index is 11.7. The van der Waals surface area contributed by atoms with Crippen LogP contribution in [0.1, 0.15) is 22.5 Å². The first-order valence-corrected chi connectivity index (χ1v) is 6.06. The predicted molar refractivity (Wildman–Crippen MR) is 60.3 cm³/mol. The van der Waals surface area contributed by atoms with Crippen LogP contribution in [-0.4, -0.2) is 37.1 Å². The van der Waals surface area contributed by atoms with Crippen molar-refractivity contribution in [2.24, 2.45) is 0 Å². The van der Waals surface area contributed by atoms with Gasteiger partial charge in [0.05, 0.1) is 0 Å². The summed E-state index contributed by atoms with van der Waals surface area (Å²) in [5.41, 5.74) is 0. The number of likely N-dealkylation sites (tertiary alicyclic amines) is 1. The Morgan fingerprint density at radius 3 is 3.20 bits per heavy atom. The van der Waals surface area contributed by atoms with E-state index in [1.807, 2.05) is 11.4 Å². The van der Waals surface area contributed by atoms with E-state index in [1.54, 1.807) is 6.07 Å². The van der Waals surface area contributed by atoms with Crippen molar-refractivity contribution in [1.29, 1.82) is 0 Å². The Bertz CT molecular complexity index is 323. The van der Waals surface area contributed by atoms with Crippen LogP contribution >= 0.6 is 11.3 Å². The Kier molecular flexibility index (Phi) is 3.38. The molecule has 1 saturated heterocycles. The molecule has 2 heterocycles. The molecule has 0 amide bonds. The summed E-state index contributed by atoms with van der Waals surface area (Å²) in [6.07, 6.45) is 2.17. The normalized spacial score (nSPS) is 22.6. The van der Waals surface area contributed by atoms with E-state index >= 15 is 0 Å². The van der Waals surface area contributed by atoms with Crippen molar-refractivity contribution in [2.75, 3.05) is 20.1 Å². The predicted octanol–water partition coefficient (Wildman–Crippen LogP) is 2.00. The second-order valence-corrected chi connectivity index (χ2v) is 4.86. The van der Waals surface area contributed by atoms with Crippen LogP contribution in [0.3, 0.4) is 0 Å². The lowest BCUT2D eigenvalue weighted by Gasteiger charge is -2.29. The number of rotatable bonds is 2. The van der Waals surface area contributed by atoms with Crippen molar-refractivity contribution in [3.05, 3.63) is 22.4 Å². The third kappa shape index (κ3) is 2.79. The molecule has 1 aliphatic rings.